The van der Waals surface area contributed by atoms with Crippen molar-refractivity contribution < 1.29 is 9.53 Å². The number of hydrogen-bond acceptors (Lipinski definition) is 3. The highest BCUT2D eigenvalue weighted by Gasteiger charge is 2.14. The molecular weight excluding hydrogens is 226 g/mol. The molecule has 0 fully saturated rings. The number of amides is 1. The summed E-state index contributed by atoms with van der Waals surface area (Å²) in [4.78, 5) is 11.6. The van der Waals surface area contributed by atoms with Crippen LogP contribution in [0.15, 0.2) is 18.2 Å². The lowest BCUT2D eigenvalue weighted by atomic mass is 10.1. The summed E-state index contributed by atoms with van der Waals surface area (Å²) in [6.45, 7) is 0.672. The van der Waals surface area contributed by atoms with Gasteiger partial charge in [-0.1, -0.05) is 0 Å². The summed E-state index contributed by atoms with van der Waals surface area (Å²) in [6.07, 6.45) is 0.833. The van der Waals surface area contributed by atoms with Crippen LogP contribution in [0.3, 0.4) is 0 Å². The van der Waals surface area contributed by atoms with Crippen molar-refractivity contribution in [1.29, 1.82) is 0 Å². The van der Waals surface area contributed by atoms with Crippen molar-refractivity contribution in [2.45, 2.75) is 6.42 Å². The maximum Gasteiger partial charge on any atom is 0.269 e. The Hall–Kier alpha value is -1.82. The van der Waals surface area contributed by atoms with Gasteiger partial charge >= 0.3 is 0 Å². The molecule has 0 bridgehead atoms. The average Bonchev–Trinajstić information content (AvgIpc) is 2.72. The fraction of sp³-hybridized carbons (Fsp3) is 0.200. The Bertz CT molecular complexity index is 448. The van der Waals surface area contributed by atoms with Gasteiger partial charge in [-0.15, -0.1) is 0 Å². The van der Waals surface area contributed by atoms with Gasteiger partial charge < -0.3 is 10.5 Å². The molecule has 16 heavy (non-hydrogen) atoms. The van der Waals surface area contributed by atoms with E-state index in [4.69, 9.17) is 10.5 Å². The molecule has 4 N–H and O–H groups in total. The van der Waals surface area contributed by atoms with Crippen LogP contribution in [0.5, 0.6) is 5.75 Å². The SMILES string of the molecule is NC(=S)NNC(=O)c1ccc2c(c1)CCO2. The number of hydrogen-bond donors (Lipinski definition) is 3. The Balaban J connectivity index is 2.09. The van der Waals surface area contributed by atoms with E-state index in [0.717, 1.165) is 17.7 Å². The first-order valence-electron chi connectivity index (χ1n) is 4.78. The molecule has 0 radical (unpaired) electrons. The zero-order chi connectivity index (χ0) is 11.5. The van der Waals surface area contributed by atoms with Crippen LogP contribution in [-0.4, -0.2) is 17.6 Å². The molecular formula is C10H11N3O2S. The van der Waals surface area contributed by atoms with Crippen LogP contribution < -0.4 is 21.3 Å². The van der Waals surface area contributed by atoms with Gasteiger partial charge in [0, 0.05) is 12.0 Å². The largest absolute Gasteiger partial charge is 0.493 e. The first-order valence-corrected chi connectivity index (χ1v) is 5.19. The number of rotatable bonds is 1. The molecule has 1 aliphatic rings. The zero-order valence-electron chi connectivity index (χ0n) is 8.45. The number of carbonyl (C=O) groups excluding carboxylic acids is 1. The number of nitrogens with two attached hydrogens (primary N) is 1. The quantitative estimate of drug-likeness (QED) is 0.477. The Morgan fingerprint density at radius 3 is 3.00 bits per heavy atom. The summed E-state index contributed by atoms with van der Waals surface area (Å²) >= 11 is 4.58. The molecule has 1 aromatic carbocycles. The molecule has 0 saturated carbocycles. The van der Waals surface area contributed by atoms with Crippen LogP contribution in [0, 0.1) is 0 Å². The fourth-order valence-corrected chi connectivity index (χ4v) is 1.57. The lowest BCUT2D eigenvalue weighted by Crippen LogP contribution is -2.44. The minimum absolute atomic E-state index is 0.0258. The molecule has 0 spiro atoms. The smallest absolute Gasteiger partial charge is 0.269 e. The van der Waals surface area contributed by atoms with Crippen LogP contribution >= 0.6 is 12.2 Å². The second-order valence-electron chi connectivity index (χ2n) is 3.36. The lowest BCUT2D eigenvalue weighted by Gasteiger charge is -2.07. The summed E-state index contributed by atoms with van der Waals surface area (Å²) in [5, 5.41) is 0.0258. The van der Waals surface area contributed by atoms with Crippen molar-refractivity contribution >= 4 is 23.2 Å². The molecule has 0 aliphatic carbocycles. The van der Waals surface area contributed by atoms with Gasteiger partial charge in [0.2, 0.25) is 0 Å². The van der Waals surface area contributed by atoms with Crippen molar-refractivity contribution in [2.24, 2.45) is 5.73 Å². The number of carbonyl (C=O) groups is 1. The monoisotopic (exact) mass is 237 g/mol. The van der Waals surface area contributed by atoms with E-state index >= 15 is 0 Å². The van der Waals surface area contributed by atoms with Crippen LogP contribution in [0.4, 0.5) is 0 Å². The Kier molecular flexibility index (Phi) is 2.91. The van der Waals surface area contributed by atoms with E-state index in [-0.39, 0.29) is 11.0 Å². The third-order valence-electron chi connectivity index (χ3n) is 2.25. The number of thiocarbonyl (C=S) groups is 1. The summed E-state index contributed by atoms with van der Waals surface area (Å²) in [6, 6.07) is 5.29. The van der Waals surface area contributed by atoms with Crippen molar-refractivity contribution in [3.05, 3.63) is 29.3 Å². The highest BCUT2D eigenvalue weighted by molar-refractivity contribution is 7.80. The third-order valence-corrected chi connectivity index (χ3v) is 2.35. The average molecular weight is 237 g/mol. The van der Waals surface area contributed by atoms with Gasteiger partial charge in [0.1, 0.15) is 5.75 Å². The van der Waals surface area contributed by atoms with E-state index in [0.29, 0.717) is 12.2 Å². The molecule has 84 valence electrons. The molecule has 0 aromatic heterocycles. The highest BCUT2D eigenvalue weighted by Crippen LogP contribution is 2.25. The molecule has 6 heteroatoms. The van der Waals surface area contributed by atoms with Crippen LogP contribution in [0.2, 0.25) is 0 Å². The molecule has 1 aromatic rings. The standard InChI is InChI=1S/C10H11N3O2S/c11-10(16)13-12-9(14)7-1-2-8-6(5-7)3-4-15-8/h1-2,5H,3-4H2,(H,12,14)(H3,11,13,16). The number of ether oxygens (including phenoxy) is 1. The predicted octanol–water partition coefficient (Wildman–Crippen LogP) is 0.0995. The summed E-state index contributed by atoms with van der Waals surface area (Å²) in [5.74, 6) is 0.571. The van der Waals surface area contributed by atoms with Crippen LogP contribution in [-0.2, 0) is 6.42 Å². The topological polar surface area (TPSA) is 76.4 Å². The maximum atomic E-state index is 11.6. The van der Waals surface area contributed by atoms with Gasteiger partial charge in [-0.25, -0.2) is 0 Å². The first-order chi connectivity index (χ1) is 7.66. The van der Waals surface area contributed by atoms with Gasteiger partial charge in [0.05, 0.1) is 6.61 Å². The lowest BCUT2D eigenvalue weighted by molar-refractivity contribution is 0.0944. The molecule has 2 rings (SSSR count). The van der Waals surface area contributed by atoms with Crippen molar-refractivity contribution in [3.8, 4) is 5.75 Å². The summed E-state index contributed by atoms with van der Waals surface area (Å²) in [5.41, 5.74) is 11.6. The van der Waals surface area contributed by atoms with E-state index in [2.05, 4.69) is 23.1 Å². The van der Waals surface area contributed by atoms with Gasteiger partial charge in [-0.3, -0.25) is 15.6 Å². The number of nitrogens with one attached hydrogen (secondary N) is 2. The second kappa shape index (κ2) is 4.36. The molecule has 1 amide bonds. The molecule has 1 heterocycles. The third kappa shape index (κ3) is 2.22. The number of benzene rings is 1. The minimum atomic E-state index is -0.275. The van der Waals surface area contributed by atoms with E-state index in [1.807, 2.05) is 0 Å². The maximum absolute atomic E-state index is 11.6. The summed E-state index contributed by atoms with van der Waals surface area (Å²) in [7, 11) is 0. The van der Waals surface area contributed by atoms with Gasteiger partial charge in [0.25, 0.3) is 5.91 Å². The molecule has 5 nitrogen and oxygen atoms in total. The van der Waals surface area contributed by atoms with E-state index < -0.39 is 0 Å². The molecule has 0 atom stereocenters. The van der Waals surface area contributed by atoms with Crippen LogP contribution in [0.1, 0.15) is 15.9 Å². The van der Waals surface area contributed by atoms with Crippen molar-refractivity contribution in [2.75, 3.05) is 6.61 Å². The van der Waals surface area contributed by atoms with E-state index in [1.165, 1.54) is 0 Å². The van der Waals surface area contributed by atoms with Gasteiger partial charge in [-0.2, -0.15) is 0 Å². The van der Waals surface area contributed by atoms with Crippen molar-refractivity contribution in [3.63, 3.8) is 0 Å². The van der Waals surface area contributed by atoms with Crippen LogP contribution in [0.25, 0.3) is 0 Å². The number of hydrazine groups is 1. The normalized spacial score (nSPS) is 12.5. The first kappa shape index (κ1) is 10.7. The van der Waals surface area contributed by atoms with Crippen molar-refractivity contribution in [1.82, 2.24) is 10.9 Å². The summed E-state index contributed by atoms with van der Waals surface area (Å²) < 4.78 is 5.34. The highest BCUT2D eigenvalue weighted by atomic mass is 32.1. The fourth-order valence-electron chi connectivity index (χ4n) is 1.52. The predicted molar refractivity (Wildman–Crippen MR) is 63.0 cm³/mol. The van der Waals surface area contributed by atoms with E-state index in [9.17, 15) is 4.79 Å². The van der Waals surface area contributed by atoms with E-state index in [1.54, 1.807) is 18.2 Å². The number of fused-ring (bicyclic) bond motifs is 1. The minimum Gasteiger partial charge on any atom is -0.493 e. The second-order valence-corrected chi connectivity index (χ2v) is 3.80. The molecule has 0 saturated heterocycles. The van der Waals surface area contributed by atoms with Gasteiger partial charge in [-0.05, 0) is 36.0 Å². The van der Waals surface area contributed by atoms with Gasteiger partial charge in [0.15, 0.2) is 5.11 Å². The Morgan fingerprint density at radius 1 is 1.44 bits per heavy atom. The molecule has 0 unspecified atom stereocenters. The molecule has 1 aliphatic heterocycles. The Morgan fingerprint density at radius 2 is 2.25 bits per heavy atom. The Labute approximate surface area is 97.9 Å². The zero-order valence-corrected chi connectivity index (χ0v) is 9.26.